The van der Waals surface area contributed by atoms with Crippen LogP contribution in [0.4, 0.5) is 5.69 Å². The van der Waals surface area contributed by atoms with Crippen LogP contribution in [-0.2, 0) is 0 Å². The van der Waals surface area contributed by atoms with Crippen LogP contribution in [0.3, 0.4) is 0 Å². The average molecular weight is 249 g/mol. The molecule has 2 N–H and O–H groups in total. The fraction of sp³-hybridized carbons (Fsp3) is 0. The Morgan fingerprint density at radius 3 is 2.76 bits per heavy atom. The highest BCUT2D eigenvalue weighted by atomic mass is 35.5. The summed E-state index contributed by atoms with van der Waals surface area (Å²) in [5, 5.41) is 12.3. The molecule has 2 rings (SSSR count). The first kappa shape index (κ1) is 11.4. The zero-order chi connectivity index (χ0) is 12.3. The predicted molar refractivity (Wildman–Crippen MR) is 65.3 cm³/mol. The molecule has 0 unspecified atom stereocenters. The zero-order valence-corrected chi connectivity index (χ0v) is 9.48. The number of aromatic nitrogens is 1. The van der Waals surface area contributed by atoms with E-state index in [0.717, 1.165) is 0 Å². The summed E-state index contributed by atoms with van der Waals surface area (Å²) in [7, 11) is 0. The number of amides is 1. The Kier molecular flexibility index (Phi) is 3.25. The molecule has 0 fully saturated rings. The lowest BCUT2D eigenvalue weighted by molar-refractivity contribution is 0.102. The van der Waals surface area contributed by atoms with E-state index in [1.807, 2.05) is 0 Å². The molecular weight excluding hydrogens is 240 g/mol. The van der Waals surface area contributed by atoms with Crippen molar-refractivity contribution in [1.29, 1.82) is 0 Å². The highest BCUT2D eigenvalue weighted by Crippen LogP contribution is 2.21. The Morgan fingerprint density at radius 2 is 2.06 bits per heavy atom. The molecule has 1 aromatic carbocycles. The standard InChI is InChI=1S/C12H9ClN2O2/c13-10-3-1-2-4-11(10)15-12(17)8-5-9(16)7-14-6-8/h1-7,16H,(H,15,17). The zero-order valence-electron chi connectivity index (χ0n) is 8.72. The average Bonchev–Trinajstić information content (AvgIpc) is 2.32. The minimum atomic E-state index is -0.374. The number of benzene rings is 1. The molecule has 17 heavy (non-hydrogen) atoms. The second kappa shape index (κ2) is 4.84. The lowest BCUT2D eigenvalue weighted by Gasteiger charge is -2.06. The third-order valence-corrected chi connectivity index (χ3v) is 2.44. The molecule has 1 amide bonds. The Hall–Kier alpha value is -2.07. The molecule has 2 aromatic rings. The lowest BCUT2D eigenvalue weighted by Crippen LogP contribution is -2.12. The van der Waals surface area contributed by atoms with Crippen LogP contribution in [0, 0.1) is 0 Å². The Morgan fingerprint density at radius 1 is 1.29 bits per heavy atom. The number of nitrogens with zero attached hydrogens (tertiary/aromatic N) is 1. The number of hydrogen-bond donors (Lipinski definition) is 2. The maximum Gasteiger partial charge on any atom is 0.257 e. The van der Waals surface area contributed by atoms with Crippen molar-refractivity contribution in [3.05, 3.63) is 53.3 Å². The number of carbonyl (C=O) groups is 1. The van der Waals surface area contributed by atoms with Crippen LogP contribution in [0.25, 0.3) is 0 Å². The number of rotatable bonds is 2. The largest absolute Gasteiger partial charge is 0.506 e. The fourth-order valence-electron chi connectivity index (χ4n) is 1.31. The van der Waals surface area contributed by atoms with Gasteiger partial charge >= 0.3 is 0 Å². The number of halogens is 1. The molecule has 5 heteroatoms. The van der Waals surface area contributed by atoms with Crippen molar-refractivity contribution in [3.63, 3.8) is 0 Å². The maximum atomic E-state index is 11.8. The van der Waals surface area contributed by atoms with Crippen molar-refractivity contribution in [2.75, 3.05) is 5.32 Å². The summed E-state index contributed by atoms with van der Waals surface area (Å²) in [4.78, 5) is 15.5. The van der Waals surface area contributed by atoms with Gasteiger partial charge < -0.3 is 10.4 Å². The smallest absolute Gasteiger partial charge is 0.257 e. The van der Waals surface area contributed by atoms with Gasteiger partial charge in [0.1, 0.15) is 5.75 Å². The molecule has 1 heterocycles. The summed E-state index contributed by atoms with van der Waals surface area (Å²) in [5.74, 6) is -0.432. The van der Waals surface area contributed by atoms with E-state index < -0.39 is 0 Å². The molecular formula is C12H9ClN2O2. The molecule has 0 spiro atoms. The fourth-order valence-corrected chi connectivity index (χ4v) is 1.49. The van der Waals surface area contributed by atoms with E-state index >= 15 is 0 Å². The number of anilines is 1. The third kappa shape index (κ3) is 2.73. The first-order chi connectivity index (χ1) is 8.16. The van der Waals surface area contributed by atoms with Gasteiger partial charge in [-0.15, -0.1) is 0 Å². The molecule has 0 bridgehead atoms. The summed E-state index contributed by atoms with van der Waals surface area (Å²) in [5.41, 5.74) is 0.785. The van der Waals surface area contributed by atoms with Crippen LogP contribution >= 0.6 is 11.6 Å². The number of carbonyl (C=O) groups excluding carboxylic acids is 1. The molecule has 1 aromatic heterocycles. The SMILES string of the molecule is O=C(Nc1ccccc1Cl)c1cncc(O)c1. The van der Waals surface area contributed by atoms with Gasteiger partial charge in [-0.05, 0) is 18.2 Å². The maximum absolute atomic E-state index is 11.8. The van der Waals surface area contributed by atoms with Crippen LogP contribution in [0.1, 0.15) is 10.4 Å². The van der Waals surface area contributed by atoms with Crippen molar-refractivity contribution in [3.8, 4) is 5.75 Å². The first-order valence-corrected chi connectivity index (χ1v) is 5.24. The van der Waals surface area contributed by atoms with Gasteiger partial charge in [0.25, 0.3) is 5.91 Å². The van der Waals surface area contributed by atoms with E-state index in [1.54, 1.807) is 24.3 Å². The number of hydrogen-bond acceptors (Lipinski definition) is 3. The minimum Gasteiger partial charge on any atom is -0.506 e. The highest BCUT2D eigenvalue weighted by molar-refractivity contribution is 6.33. The molecule has 0 aliphatic rings. The van der Waals surface area contributed by atoms with Crippen molar-refractivity contribution in [1.82, 2.24) is 4.98 Å². The molecule has 0 aliphatic carbocycles. The highest BCUT2D eigenvalue weighted by Gasteiger charge is 2.08. The van der Waals surface area contributed by atoms with Crippen molar-refractivity contribution in [2.45, 2.75) is 0 Å². The van der Waals surface area contributed by atoms with Gasteiger partial charge in [0.15, 0.2) is 0 Å². The number of para-hydroxylation sites is 1. The van der Waals surface area contributed by atoms with E-state index in [4.69, 9.17) is 11.6 Å². The predicted octanol–water partition coefficient (Wildman–Crippen LogP) is 2.69. The van der Waals surface area contributed by atoms with Crippen LogP contribution in [0.5, 0.6) is 5.75 Å². The van der Waals surface area contributed by atoms with Gasteiger partial charge in [-0.1, -0.05) is 23.7 Å². The van der Waals surface area contributed by atoms with Crippen LogP contribution in [-0.4, -0.2) is 16.0 Å². The van der Waals surface area contributed by atoms with Crippen molar-refractivity contribution >= 4 is 23.2 Å². The van der Waals surface area contributed by atoms with Gasteiger partial charge in [-0.25, -0.2) is 0 Å². The van der Waals surface area contributed by atoms with Gasteiger partial charge in [-0.2, -0.15) is 0 Å². The lowest BCUT2D eigenvalue weighted by atomic mass is 10.2. The molecule has 0 radical (unpaired) electrons. The van der Waals surface area contributed by atoms with E-state index in [-0.39, 0.29) is 17.2 Å². The van der Waals surface area contributed by atoms with E-state index in [1.165, 1.54) is 18.5 Å². The minimum absolute atomic E-state index is 0.0585. The van der Waals surface area contributed by atoms with Crippen LogP contribution in [0.15, 0.2) is 42.7 Å². The summed E-state index contributed by atoms with van der Waals surface area (Å²) >= 11 is 5.91. The summed E-state index contributed by atoms with van der Waals surface area (Å²) in [6.45, 7) is 0. The van der Waals surface area contributed by atoms with E-state index in [2.05, 4.69) is 10.3 Å². The number of aromatic hydroxyl groups is 1. The van der Waals surface area contributed by atoms with Crippen LogP contribution in [0.2, 0.25) is 5.02 Å². The molecule has 0 saturated heterocycles. The van der Waals surface area contributed by atoms with Gasteiger partial charge in [0, 0.05) is 6.20 Å². The molecule has 0 saturated carbocycles. The molecule has 4 nitrogen and oxygen atoms in total. The summed E-state index contributed by atoms with van der Waals surface area (Å²) < 4.78 is 0. The summed E-state index contributed by atoms with van der Waals surface area (Å²) in [6.07, 6.45) is 2.62. The quantitative estimate of drug-likeness (QED) is 0.859. The molecule has 86 valence electrons. The topological polar surface area (TPSA) is 62.2 Å². The molecule has 0 aliphatic heterocycles. The second-order valence-corrected chi connectivity index (χ2v) is 3.77. The van der Waals surface area contributed by atoms with Gasteiger partial charge in [-0.3, -0.25) is 9.78 Å². The van der Waals surface area contributed by atoms with E-state index in [9.17, 15) is 9.90 Å². The van der Waals surface area contributed by atoms with Crippen molar-refractivity contribution in [2.24, 2.45) is 0 Å². The summed E-state index contributed by atoms with van der Waals surface area (Å²) in [6, 6.07) is 8.24. The Balaban J connectivity index is 2.20. The van der Waals surface area contributed by atoms with E-state index in [0.29, 0.717) is 10.7 Å². The first-order valence-electron chi connectivity index (χ1n) is 4.87. The van der Waals surface area contributed by atoms with Gasteiger partial charge in [0.2, 0.25) is 0 Å². The number of nitrogens with one attached hydrogen (secondary N) is 1. The Labute approximate surface area is 103 Å². The normalized spacial score (nSPS) is 9.94. The van der Waals surface area contributed by atoms with Gasteiger partial charge in [0.05, 0.1) is 22.5 Å². The monoisotopic (exact) mass is 248 g/mol. The number of pyridine rings is 1. The Bertz CT molecular complexity index is 558. The van der Waals surface area contributed by atoms with Crippen molar-refractivity contribution < 1.29 is 9.90 Å². The second-order valence-electron chi connectivity index (χ2n) is 3.37. The third-order valence-electron chi connectivity index (χ3n) is 2.11. The molecule has 0 atom stereocenters. The van der Waals surface area contributed by atoms with Crippen LogP contribution < -0.4 is 5.32 Å².